The topological polar surface area (TPSA) is 237 Å². The van der Waals surface area contributed by atoms with Crippen molar-refractivity contribution in [3.63, 3.8) is 0 Å². The Morgan fingerprint density at radius 1 is 0.270 bits per heavy atom. The molecular formula is C81H156O17P2. The molecule has 0 aliphatic carbocycles. The Kier molecular flexibility index (Phi) is 73.4. The largest absolute Gasteiger partial charge is 0.472 e. The number of esters is 4. The number of rotatable bonds is 81. The molecule has 2 unspecified atom stereocenters. The Labute approximate surface area is 612 Å². The van der Waals surface area contributed by atoms with E-state index in [2.05, 4.69) is 39.8 Å². The zero-order valence-electron chi connectivity index (χ0n) is 64.9. The standard InChI is InChI=1S/C81H156O17P2/c1-5-9-13-17-21-25-29-33-36-37-40-43-46-50-54-58-62-66-79(84)92-72-77(98-81(86)68-64-60-56-52-48-44-39-35-31-27-23-19-15-11-7-3)74-96-100(89,90)94-70-75(82)69-93-99(87,88)95-73-76(97-80(85)67-63-59-55-51-47-41-32-28-24-20-16-12-8-4)71-91-78(83)65-61-57-53-49-45-42-38-34-30-26-22-18-14-10-6-2/h34,38,75-77,82H,5-33,35-37,39-74H2,1-4H3,(H,87,88)(H,89,90)/b38-34-/t75-,76+,77+/m0/s1. The lowest BCUT2D eigenvalue weighted by Crippen LogP contribution is -2.30. The van der Waals surface area contributed by atoms with Crippen LogP contribution in [0.1, 0.15) is 426 Å². The number of aliphatic hydroxyl groups excluding tert-OH is 1. The van der Waals surface area contributed by atoms with Gasteiger partial charge in [-0.2, -0.15) is 0 Å². The van der Waals surface area contributed by atoms with Crippen LogP contribution in [-0.4, -0.2) is 96.7 Å². The molecule has 5 atom stereocenters. The van der Waals surface area contributed by atoms with Gasteiger partial charge in [-0.3, -0.25) is 37.3 Å². The molecule has 0 fully saturated rings. The molecule has 0 saturated carbocycles. The third-order valence-corrected chi connectivity index (χ3v) is 20.7. The van der Waals surface area contributed by atoms with Crippen molar-refractivity contribution in [2.45, 2.75) is 444 Å². The van der Waals surface area contributed by atoms with Gasteiger partial charge in [-0.25, -0.2) is 9.13 Å². The summed E-state index contributed by atoms with van der Waals surface area (Å²) in [4.78, 5) is 73.1. The lowest BCUT2D eigenvalue weighted by Gasteiger charge is -2.21. The second-order valence-electron chi connectivity index (χ2n) is 28.8. The number of carbonyl (C=O) groups is 4. The van der Waals surface area contributed by atoms with Crippen LogP contribution in [0.2, 0.25) is 0 Å². The Hall–Kier alpha value is -2.20. The fraction of sp³-hybridized carbons (Fsp3) is 0.926. The van der Waals surface area contributed by atoms with E-state index in [-0.39, 0.29) is 25.7 Å². The average molecular weight is 1460 g/mol. The summed E-state index contributed by atoms with van der Waals surface area (Å²) in [6.45, 7) is 5.01. The van der Waals surface area contributed by atoms with Crippen molar-refractivity contribution in [3.8, 4) is 0 Å². The molecule has 0 aromatic carbocycles. The van der Waals surface area contributed by atoms with Crippen LogP contribution < -0.4 is 0 Å². The van der Waals surface area contributed by atoms with E-state index in [9.17, 15) is 43.2 Å². The molecule has 3 N–H and O–H groups in total. The quantitative estimate of drug-likeness (QED) is 0.0169. The summed E-state index contributed by atoms with van der Waals surface area (Å²) in [5.74, 6) is -2.12. The van der Waals surface area contributed by atoms with Crippen molar-refractivity contribution in [2.24, 2.45) is 0 Å². The van der Waals surface area contributed by atoms with Crippen molar-refractivity contribution in [3.05, 3.63) is 12.2 Å². The number of aliphatic hydroxyl groups is 1. The highest BCUT2D eigenvalue weighted by Gasteiger charge is 2.30. The summed E-state index contributed by atoms with van der Waals surface area (Å²) in [5, 5.41) is 10.6. The van der Waals surface area contributed by atoms with E-state index in [1.54, 1.807) is 0 Å². The molecule has 17 nitrogen and oxygen atoms in total. The maximum Gasteiger partial charge on any atom is 0.472 e. The molecule has 0 heterocycles. The lowest BCUT2D eigenvalue weighted by atomic mass is 10.0. The van der Waals surface area contributed by atoms with Gasteiger partial charge in [0.2, 0.25) is 0 Å². The normalized spacial score (nSPS) is 13.9. The fourth-order valence-corrected chi connectivity index (χ4v) is 13.9. The molecule has 0 aliphatic rings. The summed E-state index contributed by atoms with van der Waals surface area (Å²) in [6, 6.07) is 0. The number of hydrogen-bond donors (Lipinski definition) is 3. The highest BCUT2D eigenvalue weighted by molar-refractivity contribution is 7.47. The van der Waals surface area contributed by atoms with Gasteiger partial charge in [0, 0.05) is 25.7 Å². The molecule has 0 aromatic heterocycles. The maximum atomic E-state index is 13.1. The van der Waals surface area contributed by atoms with E-state index >= 15 is 0 Å². The zero-order chi connectivity index (χ0) is 73.2. The first kappa shape index (κ1) is 97.8. The Morgan fingerprint density at radius 3 is 0.690 bits per heavy atom. The van der Waals surface area contributed by atoms with E-state index in [4.69, 9.17) is 37.0 Å². The van der Waals surface area contributed by atoms with Crippen LogP contribution in [0.4, 0.5) is 0 Å². The van der Waals surface area contributed by atoms with Gasteiger partial charge < -0.3 is 33.8 Å². The Bertz CT molecular complexity index is 1940. The van der Waals surface area contributed by atoms with Crippen molar-refractivity contribution in [1.82, 2.24) is 0 Å². The van der Waals surface area contributed by atoms with Crippen LogP contribution in [0.5, 0.6) is 0 Å². The second kappa shape index (κ2) is 75.0. The lowest BCUT2D eigenvalue weighted by molar-refractivity contribution is -0.161. The number of phosphoric ester groups is 2. The summed E-state index contributed by atoms with van der Waals surface area (Å²) in [5.41, 5.74) is 0. The number of allylic oxidation sites excluding steroid dienone is 2. The molecule has 0 aliphatic heterocycles. The van der Waals surface area contributed by atoms with Crippen LogP contribution in [0.25, 0.3) is 0 Å². The van der Waals surface area contributed by atoms with Crippen LogP contribution in [0, 0.1) is 0 Å². The van der Waals surface area contributed by atoms with Gasteiger partial charge in [0.15, 0.2) is 12.2 Å². The molecule has 100 heavy (non-hydrogen) atoms. The summed E-state index contributed by atoms with van der Waals surface area (Å²) in [6.07, 6.45) is 68.9. The molecule has 592 valence electrons. The summed E-state index contributed by atoms with van der Waals surface area (Å²) in [7, 11) is -9.92. The molecule has 0 amide bonds. The average Bonchev–Trinajstić information content (AvgIpc) is 0.937. The Morgan fingerprint density at radius 2 is 0.460 bits per heavy atom. The molecule has 0 spiro atoms. The molecular weight excluding hydrogens is 1310 g/mol. The van der Waals surface area contributed by atoms with E-state index in [0.29, 0.717) is 25.7 Å². The summed E-state index contributed by atoms with van der Waals surface area (Å²) < 4.78 is 68.7. The van der Waals surface area contributed by atoms with Crippen molar-refractivity contribution in [2.75, 3.05) is 39.6 Å². The SMILES string of the molecule is CCCCCCCC/C=C\CCCCCCCC(=O)OC[C@H](COP(=O)(O)OC[C@H](O)COP(=O)(O)OC[C@@H](COC(=O)CCCCCCCCCCCCCCCCCCC)OC(=O)CCCCCCCCCCCCCCCCC)OC(=O)CCCCCCCCCCCCCCC. The highest BCUT2D eigenvalue weighted by Crippen LogP contribution is 2.45. The minimum atomic E-state index is -4.96. The Balaban J connectivity index is 5.27. The molecule has 0 saturated heterocycles. The number of carbonyl (C=O) groups excluding carboxylic acids is 4. The van der Waals surface area contributed by atoms with Crippen LogP contribution >= 0.6 is 15.6 Å². The highest BCUT2D eigenvalue weighted by atomic mass is 31.2. The maximum absolute atomic E-state index is 13.1. The first-order valence-corrected chi connectivity index (χ1v) is 44.9. The minimum Gasteiger partial charge on any atom is -0.462 e. The molecule has 0 radical (unpaired) electrons. The predicted molar refractivity (Wildman–Crippen MR) is 409 cm³/mol. The van der Waals surface area contributed by atoms with Crippen LogP contribution in [0.3, 0.4) is 0 Å². The molecule has 0 bridgehead atoms. The van der Waals surface area contributed by atoms with Gasteiger partial charge in [-0.15, -0.1) is 0 Å². The smallest absolute Gasteiger partial charge is 0.462 e. The van der Waals surface area contributed by atoms with Gasteiger partial charge in [0.25, 0.3) is 0 Å². The molecule has 0 aromatic rings. The third-order valence-electron chi connectivity index (χ3n) is 18.8. The number of ether oxygens (including phenoxy) is 4. The number of hydrogen-bond acceptors (Lipinski definition) is 15. The second-order valence-corrected chi connectivity index (χ2v) is 31.7. The molecule has 19 heteroatoms. The van der Waals surface area contributed by atoms with Gasteiger partial charge in [-0.05, 0) is 51.4 Å². The van der Waals surface area contributed by atoms with Crippen molar-refractivity contribution < 1.29 is 80.2 Å². The van der Waals surface area contributed by atoms with Crippen LogP contribution in [0.15, 0.2) is 12.2 Å². The first-order valence-electron chi connectivity index (χ1n) is 41.9. The minimum absolute atomic E-state index is 0.105. The number of unbranched alkanes of at least 4 members (excludes halogenated alkanes) is 53. The van der Waals surface area contributed by atoms with Gasteiger partial charge >= 0.3 is 39.5 Å². The first-order chi connectivity index (χ1) is 48.7. The monoisotopic (exact) mass is 1460 g/mol. The van der Waals surface area contributed by atoms with Gasteiger partial charge in [0.05, 0.1) is 26.4 Å². The fourth-order valence-electron chi connectivity index (χ4n) is 12.3. The molecule has 0 rings (SSSR count). The van der Waals surface area contributed by atoms with Crippen molar-refractivity contribution in [1.29, 1.82) is 0 Å². The van der Waals surface area contributed by atoms with E-state index < -0.39 is 97.5 Å². The van der Waals surface area contributed by atoms with Gasteiger partial charge in [-0.1, -0.05) is 361 Å². The van der Waals surface area contributed by atoms with E-state index in [1.807, 2.05) is 0 Å². The number of phosphoric acid groups is 2. The van der Waals surface area contributed by atoms with Crippen molar-refractivity contribution >= 4 is 39.5 Å². The van der Waals surface area contributed by atoms with Gasteiger partial charge in [0.1, 0.15) is 19.3 Å². The summed E-state index contributed by atoms with van der Waals surface area (Å²) >= 11 is 0. The zero-order valence-corrected chi connectivity index (χ0v) is 66.7. The third kappa shape index (κ3) is 74.1. The van der Waals surface area contributed by atoms with E-state index in [0.717, 1.165) is 109 Å². The van der Waals surface area contributed by atoms with Crippen LogP contribution in [-0.2, 0) is 65.4 Å². The predicted octanol–water partition coefficient (Wildman–Crippen LogP) is 24.3. The van der Waals surface area contributed by atoms with E-state index in [1.165, 1.54) is 238 Å².